The second-order valence-corrected chi connectivity index (χ2v) is 6.83. The second kappa shape index (κ2) is 9.09. The van der Waals surface area contributed by atoms with E-state index in [1.807, 2.05) is 61.5 Å². The molecule has 0 spiro atoms. The van der Waals surface area contributed by atoms with Crippen molar-refractivity contribution in [2.24, 2.45) is 0 Å². The monoisotopic (exact) mass is 379 g/mol. The summed E-state index contributed by atoms with van der Waals surface area (Å²) in [6.07, 6.45) is 3.46. The van der Waals surface area contributed by atoms with Crippen LogP contribution in [0.15, 0.2) is 71.9 Å². The van der Waals surface area contributed by atoms with Gasteiger partial charge in [-0.25, -0.2) is 0 Å². The number of carbonyl (C=O) groups is 1. The van der Waals surface area contributed by atoms with E-state index in [2.05, 4.69) is 15.0 Å². The van der Waals surface area contributed by atoms with Crippen LogP contribution < -0.4 is 14.8 Å². The molecule has 0 unspecified atom stereocenters. The van der Waals surface area contributed by atoms with Crippen LogP contribution in [0.1, 0.15) is 21.5 Å². The highest BCUT2D eigenvalue weighted by atomic mass is 32.2. The maximum atomic E-state index is 12.4. The number of anilines is 1. The van der Waals surface area contributed by atoms with Crippen LogP contribution in [0.4, 0.5) is 5.69 Å². The van der Waals surface area contributed by atoms with Crippen LogP contribution in [0.2, 0.25) is 0 Å². The highest BCUT2D eigenvalue weighted by Crippen LogP contribution is 2.26. The number of hydrogen-bond donors (Lipinski definition) is 2. The first-order chi connectivity index (χ1) is 13.2. The van der Waals surface area contributed by atoms with Gasteiger partial charge in [0.1, 0.15) is 5.75 Å². The van der Waals surface area contributed by atoms with E-state index >= 15 is 0 Å². The molecule has 1 heterocycles. The maximum Gasteiger partial charge on any atom is 0.251 e. The first kappa shape index (κ1) is 18.8. The minimum atomic E-state index is -0.114. The number of ether oxygens (including phenoxy) is 1. The molecule has 0 aliphatic rings. The summed E-state index contributed by atoms with van der Waals surface area (Å²) >= 11 is 1.49. The summed E-state index contributed by atoms with van der Waals surface area (Å²) in [5.41, 5.74) is 3.55. The normalized spacial score (nSPS) is 10.3. The highest BCUT2D eigenvalue weighted by molar-refractivity contribution is 8.00. The molecule has 1 amide bonds. The fourth-order valence-electron chi connectivity index (χ4n) is 2.42. The molecular formula is C21H21N3O2S. The van der Waals surface area contributed by atoms with Crippen LogP contribution >= 0.6 is 11.9 Å². The topological polar surface area (TPSA) is 63.2 Å². The Morgan fingerprint density at radius 2 is 1.96 bits per heavy atom. The Morgan fingerprint density at radius 1 is 1.15 bits per heavy atom. The fraction of sp³-hybridized carbons (Fsp3) is 0.143. The molecule has 6 heteroatoms. The average Bonchev–Trinajstić information content (AvgIpc) is 2.72. The molecular weight excluding hydrogens is 358 g/mol. The van der Waals surface area contributed by atoms with Gasteiger partial charge >= 0.3 is 0 Å². The molecule has 3 rings (SSSR count). The molecule has 0 atom stereocenters. The molecule has 0 fully saturated rings. The van der Waals surface area contributed by atoms with Gasteiger partial charge in [-0.15, -0.1) is 0 Å². The van der Waals surface area contributed by atoms with E-state index in [4.69, 9.17) is 4.74 Å². The van der Waals surface area contributed by atoms with E-state index in [-0.39, 0.29) is 5.91 Å². The van der Waals surface area contributed by atoms with Crippen LogP contribution in [0, 0.1) is 6.92 Å². The number of aromatic nitrogens is 1. The zero-order chi connectivity index (χ0) is 19.1. The van der Waals surface area contributed by atoms with Gasteiger partial charge in [-0.3, -0.25) is 9.78 Å². The second-order valence-electron chi connectivity index (χ2n) is 5.95. The number of amides is 1. The Kier molecular flexibility index (Phi) is 6.33. The highest BCUT2D eigenvalue weighted by Gasteiger charge is 2.08. The minimum Gasteiger partial charge on any atom is -0.497 e. The summed E-state index contributed by atoms with van der Waals surface area (Å²) in [7, 11) is 1.65. The molecule has 0 saturated heterocycles. The van der Waals surface area contributed by atoms with E-state index in [1.165, 1.54) is 11.9 Å². The number of hydrogen-bond acceptors (Lipinski definition) is 5. The summed E-state index contributed by atoms with van der Waals surface area (Å²) in [6.45, 7) is 2.46. The molecule has 3 aromatic rings. The van der Waals surface area contributed by atoms with E-state index in [1.54, 1.807) is 19.5 Å². The van der Waals surface area contributed by atoms with E-state index < -0.39 is 0 Å². The van der Waals surface area contributed by atoms with Crippen molar-refractivity contribution in [3.05, 3.63) is 83.7 Å². The van der Waals surface area contributed by atoms with Crippen LogP contribution in [0.25, 0.3) is 0 Å². The standard InChI is InChI=1S/C21H21N3O2S/c1-15-5-6-17(21(25)23-14-16-4-3-11-22-13-16)12-20(15)24-27-19-9-7-18(26-2)8-10-19/h3-13,24H,14H2,1-2H3,(H,23,25). The molecule has 1 aromatic heterocycles. The van der Waals surface area contributed by atoms with Crippen molar-refractivity contribution in [3.63, 3.8) is 0 Å². The first-order valence-corrected chi connectivity index (χ1v) is 9.32. The van der Waals surface area contributed by atoms with E-state index in [0.29, 0.717) is 12.1 Å². The van der Waals surface area contributed by atoms with Crippen molar-refractivity contribution < 1.29 is 9.53 Å². The predicted molar refractivity (Wildman–Crippen MR) is 109 cm³/mol. The smallest absolute Gasteiger partial charge is 0.251 e. The summed E-state index contributed by atoms with van der Waals surface area (Å²) in [5, 5.41) is 2.92. The lowest BCUT2D eigenvalue weighted by atomic mass is 10.1. The lowest BCUT2D eigenvalue weighted by Gasteiger charge is -2.11. The predicted octanol–water partition coefficient (Wildman–Crippen LogP) is 4.45. The Morgan fingerprint density at radius 3 is 2.67 bits per heavy atom. The van der Waals surface area contributed by atoms with E-state index in [9.17, 15) is 4.79 Å². The Hall–Kier alpha value is -2.99. The van der Waals surface area contributed by atoms with Gasteiger partial charge in [-0.1, -0.05) is 12.1 Å². The Labute approximate surface area is 163 Å². The average molecular weight is 379 g/mol. The number of rotatable bonds is 7. The van der Waals surface area contributed by atoms with Gasteiger partial charge in [0, 0.05) is 35.1 Å². The molecule has 2 aromatic carbocycles. The van der Waals surface area contributed by atoms with Gasteiger partial charge in [0.05, 0.1) is 7.11 Å². The van der Waals surface area contributed by atoms with Crippen LogP contribution in [0.3, 0.4) is 0 Å². The first-order valence-electron chi connectivity index (χ1n) is 8.50. The van der Waals surface area contributed by atoms with Crippen molar-refractivity contribution in [2.75, 3.05) is 11.8 Å². The molecule has 27 heavy (non-hydrogen) atoms. The van der Waals surface area contributed by atoms with Gasteiger partial charge in [0.15, 0.2) is 0 Å². The third kappa shape index (κ3) is 5.24. The fourth-order valence-corrected chi connectivity index (χ4v) is 3.14. The van der Waals surface area contributed by atoms with Crippen molar-refractivity contribution >= 4 is 23.5 Å². The van der Waals surface area contributed by atoms with Gasteiger partial charge in [-0.05, 0) is 72.5 Å². The number of pyridine rings is 1. The van der Waals surface area contributed by atoms with Gasteiger partial charge < -0.3 is 14.8 Å². The van der Waals surface area contributed by atoms with Gasteiger partial charge in [-0.2, -0.15) is 0 Å². The number of benzene rings is 2. The molecule has 0 bridgehead atoms. The SMILES string of the molecule is COc1ccc(SNc2cc(C(=O)NCc3cccnc3)ccc2C)cc1. The zero-order valence-electron chi connectivity index (χ0n) is 15.2. The lowest BCUT2D eigenvalue weighted by molar-refractivity contribution is 0.0951. The summed E-state index contributed by atoms with van der Waals surface area (Å²) < 4.78 is 8.49. The molecule has 138 valence electrons. The van der Waals surface area contributed by atoms with Crippen LogP contribution in [-0.2, 0) is 6.54 Å². The number of nitrogens with zero attached hydrogens (tertiary/aromatic N) is 1. The number of aryl methyl sites for hydroxylation is 1. The Balaban J connectivity index is 1.63. The maximum absolute atomic E-state index is 12.4. The van der Waals surface area contributed by atoms with Gasteiger partial charge in [0.2, 0.25) is 0 Å². The molecule has 0 radical (unpaired) electrons. The third-order valence-corrected chi connectivity index (χ3v) is 4.84. The zero-order valence-corrected chi connectivity index (χ0v) is 16.0. The van der Waals surface area contributed by atoms with E-state index in [0.717, 1.165) is 27.5 Å². The van der Waals surface area contributed by atoms with Crippen LogP contribution in [0.5, 0.6) is 5.75 Å². The molecule has 2 N–H and O–H groups in total. The van der Waals surface area contributed by atoms with Crippen molar-refractivity contribution in [2.45, 2.75) is 18.4 Å². The third-order valence-electron chi connectivity index (χ3n) is 4.01. The van der Waals surface area contributed by atoms with Crippen molar-refractivity contribution in [1.29, 1.82) is 0 Å². The number of methoxy groups -OCH3 is 1. The van der Waals surface area contributed by atoms with Gasteiger partial charge in [0.25, 0.3) is 5.91 Å². The molecule has 0 aliphatic heterocycles. The lowest BCUT2D eigenvalue weighted by Crippen LogP contribution is -2.22. The summed E-state index contributed by atoms with van der Waals surface area (Å²) in [6, 6.07) is 17.2. The van der Waals surface area contributed by atoms with Crippen molar-refractivity contribution in [1.82, 2.24) is 10.3 Å². The minimum absolute atomic E-state index is 0.114. The van der Waals surface area contributed by atoms with Crippen LogP contribution in [-0.4, -0.2) is 18.0 Å². The largest absolute Gasteiger partial charge is 0.497 e. The Bertz CT molecular complexity index is 899. The van der Waals surface area contributed by atoms with Crippen molar-refractivity contribution in [3.8, 4) is 5.75 Å². The summed E-state index contributed by atoms with van der Waals surface area (Å²) in [5.74, 6) is 0.708. The quantitative estimate of drug-likeness (QED) is 0.594. The molecule has 5 nitrogen and oxygen atoms in total. The molecule has 0 aliphatic carbocycles. The number of nitrogens with one attached hydrogen (secondary N) is 2. The number of carbonyl (C=O) groups excluding carboxylic acids is 1. The molecule has 0 saturated carbocycles. The summed E-state index contributed by atoms with van der Waals surface area (Å²) in [4.78, 5) is 17.6.